The first-order chi connectivity index (χ1) is 10.3. The van der Waals surface area contributed by atoms with E-state index in [4.69, 9.17) is 4.74 Å². The van der Waals surface area contributed by atoms with Crippen LogP contribution < -0.4 is 10.1 Å². The topological polar surface area (TPSA) is 21.3 Å². The van der Waals surface area contributed by atoms with Crippen LogP contribution in [0.2, 0.25) is 0 Å². The number of para-hydroxylation sites is 1. The molecule has 0 heterocycles. The molecule has 0 unspecified atom stereocenters. The Morgan fingerprint density at radius 3 is 2.43 bits per heavy atom. The Hall–Kier alpha value is -1.80. The molecule has 0 aliphatic heterocycles. The fourth-order valence-electron chi connectivity index (χ4n) is 2.21. The maximum Gasteiger partial charge on any atom is 0.123 e. The predicted molar refractivity (Wildman–Crippen MR) is 88.6 cm³/mol. The van der Waals surface area contributed by atoms with Gasteiger partial charge < -0.3 is 10.1 Å². The molecule has 2 rings (SSSR count). The van der Waals surface area contributed by atoms with Gasteiger partial charge in [-0.15, -0.1) is 0 Å². The Kier molecular flexibility index (Phi) is 6.29. The molecule has 2 heteroatoms. The van der Waals surface area contributed by atoms with E-state index in [1.54, 1.807) is 0 Å². The summed E-state index contributed by atoms with van der Waals surface area (Å²) in [6.45, 7) is 7.04. The normalized spacial score (nSPS) is 10.8. The lowest BCUT2D eigenvalue weighted by Crippen LogP contribution is -2.19. The molecule has 0 radical (unpaired) electrons. The summed E-state index contributed by atoms with van der Waals surface area (Å²) in [4.78, 5) is 0. The molecule has 0 aliphatic carbocycles. The lowest BCUT2D eigenvalue weighted by molar-refractivity contribution is 0.317. The van der Waals surface area contributed by atoms with E-state index < -0.39 is 0 Å². The van der Waals surface area contributed by atoms with Crippen molar-refractivity contribution in [1.82, 2.24) is 5.32 Å². The molecule has 0 saturated heterocycles. The highest BCUT2D eigenvalue weighted by Crippen LogP contribution is 2.18. The van der Waals surface area contributed by atoms with Gasteiger partial charge in [-0.1, -0.05) is 62.4 Å². The van der Waals surface area contributed by atoms with Crippen LogP contribution in [0.4, 0.5) is 0 Å². The van der Waals surface area contributed by atoms with Crippen molar-refractivity contribution in [3.8, 4) is 5.75 Å². The van der Waals surface area contributed by atoms with Crippen molar-refractivity contribution >= 4 is 0 Å². The van der Waals surface area contributed by atoms with Crippen molar-refractivity contribution in [2.45, 2.75) is 26.8 Å². The summed E-state index contributed by atoms with van der Waals surface area (Å²) < 4.78 is 5.96. The number of rotatable bonds is 8. The predicted octanol–water partition coefficient (Wildman–Crippen LogP) is 4.05. The summed E-state index contributed by atoms with van der Waals surface area (Å²) in [6.07, 6.45) is 0.939. The molecule has 2 aromatic carbocycles. The van der Waals surface area contributed by atoms with Gasteiger partial charge in [0.05, 0.1) is 6.61 Å². The van der Waals surface area contributed by atoms with Crippen LogP contribution in [0, 0.1) is 5.92 Å². The average molecular weight is 283 g/mol. The number of nitrogens with one attached hydrogen (secondary N) is 1. The first-order valence-corrected chi connectivity index (χ1v) is 7.71. The molecule has 112 valence electrons. The summed E-state index contributed by atoms with van der Waals surface area (Å²) in [6, 6.07) is 18.7. The van der Waals surface area contributed by atoms with Crippen molar-refractivity contribution in [1.29, 1.82) is 0 Å². The Labute approximate surface area is 128 Å². The molecular formula is C19H25NO. The molecule has 0 atom stereocenters. The third kappa shape index (κ3) is 5.60. The molecule has 0 bridgehead atoms. The van der Waals surface area contributed by atoms with Gasteiger partial charge in [-0.2, -0.15) is 0 Å². The highest BCUT2D eigenvalue weighted by molar-refractivity contribution is 5.33. The minimum Gasteiger partial charge on any atom is -0.493 e. The van der Waals surface area contributed by atoms with Crippen molar-refractivity contribution in [2.75, 3.05) is 13.2 Å². The third-order valence-corrected chi connectivity index (χ3v) is 3.33. The van der Waals surface area contributed by atoms with Gasteiger partial charge in [0, 0.05) is 18.5 Å². The van der Waals surface area contributed by atoms with E-state index in [0.717, 1.165) is 25.3 Å². The van der Waals surface area contributed by atoms with Crippen molar-refractivity contribution in [3.05, 3.63) is 65.7 Å². The lowest BCUT2D eigenvalue weighted by atomic mass is 10.1. The van der Waals surface area contributed by atoms with Crippen LogP contribution in [-0.2, 0) is 13.0 Å². The standard InChI is InChI=1S/C19H25NO/c1-16(2)14-20-15-18-10-6-7-11-19(18)21-13-12-17-8-4-3-5-9-17/h3-11,16,20H,12-15H2,1-2H3. The minimum absolute atomic E-state index is 0.663. The van der Waals surface area contributed by atoms with Gasteiger partial charge in [-0.05, 0) is 24.1 Å². The zero-order valence-electron chi connectivity index (χ0n) is 13.0. The minimum atomic E-state index is 0.663. The van der Waals surface area contributed by atoms with E-state index in [1.807, 2.05) is 12.1 Å². The van der Waals surface area contributed by atoms with Crippen LogP contribution in [0.25, 0.3) is 0 Å². The smallest absolute Gasteiger partial charge is 0.123 e. The Morgan fingerprint density at radius 1 is 0.952 bits per heavy atom. The van der Waals surface area contributed by atoms with Crippen LogP contribution in [-0.4, -0.2) is 13.2 Å². The quantitative estimate of drug-likeness (QED) is 0.789. The number of ether oxygens (including phenoxy) is 1. The molecule has 0 saturated carbocycles. The highest BCUT2D eigenvalue weighted by Gasteiger charge is 2.03. The van der Waals surface area contributed by atoms with Crippen LogP contribution in [0.1, 0.15) is 25.0 Å². The molecule has 2 aromatic rings. The second kappa shape index (κ2) is 8.48. The second-order valence-electron chi connectivity index (χ2n) is 5.72. The molecule has 0 spiro atoms. The fourth-order valence-corrected chi connectivity index (χ4v) is 2.21. The summed E-state index contributed by atoms with van der Waals surface area (Å²) in [5, 5.41) is 3.47. The van der Waals surface area contributed by atoms with Crippen molar-refractivity contribution < 1.29 is 4.74 Å². The van der Waals surface area contributed by atoms with Crippen LogP contribution in [0.3, 0.4) is 0 Å². The van der Waals surface area contributed by atoms with Crippen LogP contribution in [0.5, 0.6) is 5.75 Å². The van der Waals surface area contributed by atoms with E-state index in [2.05, 4.69) is 61.6 Å². The third-order valence-electron chi connectivity index (χ3n) is 3.33. The Morgan fingerprint density at radius 2 is 1.67 bits per heavy atom. The summed E-state index contributed by atoms with van der Waals surface area (Å²) in [5.74, 6) is 1.65. The first kappa shape index (κ1) is 15.6. The average Bonchev–Trinajstić information content (AvgIpc) is 2.49. The Balaban J connectivity index is 1.84. The molecule has 0 aliphatic rings. The van der Waals surface area contributed by atoms with Gasteiger partial charge >= 0.3 is 0 Å². The molecule has 0 fully saturated rings. The molecule has 2 nitrogen and oxygen atoms in total. The zero-order chi connectivity index (χ0) is 14.9. The second-order valence-corrected chi connectivity index (χ2v) is 5.72. The number of hydrogen-bond acceptors (Lipinski definition) is 2. The van der Waals surface area contributed by atoms with Gasteiger partial charge in [0.15, 0.2) is 0 Å². The SMILES string of the molecule is CC(C)CNCc1ccccc1OCCc1ccccc1. The van der Waals surface area contributed by atoms with Crippen molar-refractivity contribution in [2.24, 2.45) is 5.92 Å². The molecule has 0 aromatic heterocycles. The molecule has 21 heavy (non-hydrogen) atoms. The van der Waals surface area contributed by atoms with E-state index in [-0.39, 0.29) is 0 Å². The maximum absolute atomic E-state index is 5.96. The van der Waals surface area contributed by atoms with Gasteiger partial charge in [0.1, 0.15) is 5.75 Å². The maximum atomic E-state index is 5.96. The highest BCUT2D eigenvalue weighted by atomic mass is 16.5. The zero-order valence-corrected chi connectivity index (χ0v) is 13.0. The van der Waals surface area contributed by atoms with Crippen LogP contribution in [0.15, 0.2) is 54.6 Å². The molecule has 1 N–H and O–H groups in total. The van der Waals surface area contributed by atoms with Gasteiger partial charge in [0.25, 0.3) is 0 Å². The first-order valence-electron chi connectivity index (χ1n) is 7.71. The van der Waals surface area contributed by atoms with Gasteiger partial charge in [-0.25, -0.2) is 0 Å². The summed E-state index contributed by atoms with van der Waals surface area (Å²) in [7, 11) is 0. The number of benzene rings is 2. The lowest BCUT2D eigenvalue weighted by Gasteiger charge is -2.13. The van der Waals surface area contributed by atoms with Crippen LogP contribution >= 0.6 is 0 Å². The van der Waals surface area contributed by atoms with E-state index in [9.17, 15) is 0 Å². The summed E-state index contributed by atoms with van der Waals surface area (Å²) >= 11 is 0. The molecule has 0 amide bonds. The largest absolute Gasteiger partial charge is 0.493 e. The van der Waals surface area contributed by atoms with Crippen molar-refractivity contribution in [3.63, 3.8) is 0 Å². The van der Waals surface area contributed by atoms with Gasteiger partial charge in [-0.3, -0.25) is 0 Å². The van der Waals surface area contributed by atoms with E-state index >= 15 is 0 Å². The van der Waals surface area contributed by atoms with E-state index in [0.29, 0.717) is 12.5 Å². The van der Waals surface area contributed by atoms with Gasteiger partial charge in [0.2, 0.25) is 0 Å². The fraction of sp³-hybridized carbons (Fsp3) is 0.368. The Bertz CT molecular complexity index is 522. The van der Waals surface area contributed by atoms with E-state index in [1.165, 1.54) is 11.1 Å². The monoisotopic (exact) mass is 283 g/mol. The molecular weight excluding hydrogens is 258 g/mol. The number of hydrogen-bond donors (Lipinski definition) is 1. The summed E-state index contributed by atoms with van der Waals surface area (Å²) in [5.41, 5.74) is 2.54.